The third kappa shape index (κ3) is 7.77. The number of hydrogen-bond acceptors (Lipinski definition) is 8. The van der Waals surface area contributed by atoms with Crippen LogP contribution in [0.2, 0.25) is 0 Å². The van der Waals surface area contributed by atoms with Crippen molar-refractivity contribution in [3.05, 3.63) is 203 Å². The van der Waals surface area contributed by atoms with E-state index in [1.54, 1.807) is 14.2 Å². The van der Waals surface area contributed by atoms with E-state index in [1.807, 2.05) is 121 Å². The van der Waals surface area contributed by atoms with Gasteiger partial charge in [0.1, 0.15) is 23.0 Å². The third-order valence-electron chi connectivity index (χ3n) is 11.7. The van der Waals surface area contributed by atoms with Crippen molar-refractivity contribution in [1.82, 2.24) is 0 Å². The summed E-state index contributed by atoms with van der Waals surface area (Å²) >= 11 is 0. The Labute approximate surface area is 379 Å². The van der Waals surface area contributed by atoms with Crippen LogP contribution in [0.15, 0.2) is 170 Å². The van der Waals surface area contributed by atoms with Gasteiger partial charge in [-0.05, 0) is 69.5 Å². The van der Waals surface area contributed by atoms with E-state index in [9.17, 15) is 0 Å². The molecule has 0 spiro atoms. The van der Waals surface area contributed by atoms with Crippen molar-refractivity contribution in [2.75, 3.05) is 14.2 Å². The third-order valence-corrected chi connectivity index (χ3v) is 13.9. The van der Waals surface area contributed by atoms with Gasteiger partial charge in [0.2, 0.25) is 0 Å². The van der Waals surface area contributed by atoms with Gasteiger partial charge in [0.25, 0.3) is 0 Å². The van der Waals surface area contributed by atoms with Crippen molar-refractivity contribution in [2.45, 2.75) is 63.6 Å². The van der Waals surface area contributed by atoms with Gasteiger partial charge in [-0.15, -0.1) is 0 Å². The summed E-state index contributed by atoms with van der Waals surface area (Å²) in [7, 11) is -0.771. The number of rotatable bonds is 11. The van der Waals surface area contributed by atoms with Gasteiger partial charge in [0.05, 0.1) is 14.2 Å². The van der Waals surface area contributed by atoms with Crippen molar-refractivity contribution in [3.63, 3.8) is 0 Å². The van der Waals surface area contributed by atoms with Gasteiger partial charge in [-0.1, -0.05) is 175 Å². The molecule has 7 aromatic carbocycles. The highest BCUT2D eigenvalue weighted by Gasteiger charge is 2.67. The predicted molar refractivity (Wildman–Crippen MR) is 255 cm³/mol. The van der Waals surface area contributed by atoms with Gasteiger partial charge in [-0.25, -0.2) is 0 Å². The molecular weight excluding hydrogens is 839 g/mol. The minimum atomic E-state index is -2.23. The smallest absolute Gasteiger partial charge is 0.497 e. The fraction of sp³-hybridized carbons (Fsp3) is 0.222. The number of methoxy groups -OCH3 is 2. The second-order valence-electron chi connectivity index (χ2n) is 17.9. The normalized spacial score (nSPS) is 15.8. The molecule has 9 rings (SSSR count). The molecule has 2 aliphatic heterocycles. The van der Waals surface area contributed by atoms with Crippen LogP contribution in [0, 0.1) is 0 Å². The Balaban J connectivity index is 1.30. The monoisotopic (exact) mass is 890 g/mol. The number of hydrogen-bond donors (Lipinski definition) is 0. The van der Waals surface area contributed by atoms with Crippen LogP contribution in [0.3, 0.4) is 0 Å². The van der Waals surface area contributed by atoms with E-state index in [1.165, 1.54) is 0 Å². The first kappa shape index (κ1) is 43.4. The minimum absolute atomic E-state index is 0.412. The summed E-state index contributed by atoms with van der Waals surface area (Å²) in [6, 6.07) is 56.8. The Bertz CT molecular complexity index is 2540. The molecule has 1 fully saturated rings. The molecule has 7 aromatic rings. The van der Waals surface area contributed by atoms with E-state index in [4.69, 9.17) is 36.6 Å². The van der Waals surface area contributed by atoms with Gasteiger partial charge >= 0.3 is 17.2 Å². The molecule has 1 saturated heterocycles. The second-order valence-corrected chi connectivity index (χ2v) is 19.9. The SMILES string of the molecule is COc1cc(-c2cc(OC)cc(C(C)(C)C)c2OP2OC(c3ccccc3)(c3ccccc3)C(c3ccccc3)(c3ccccc3)O2)c(OP2Oc3ccccc3O2)c(C(C)(C)C)c1. The maximum Gasteiger partial charge on any atom is 0.530 e. The average molecular weight is 891 g/mol. The van der Waals surface area contributed by atoms with E-state index in [0.717, 1.165) is 33.4 Å². The largest absolute Gasteiger partial charge is 0.530 e. The number of ether oxygens (including phenoxy) is 2. The van der Waals surface area contributed by atoms with Crippen LogP contribution in [0.4, 0.5) is 0 Å². The number of benzene rings is 7. The molecule has 0 unspecified atom stereocenters. The maximum atomic E-state index is 7.66. The van der Waals surface area contributed by atoms with Crippen molar-refractivity contribution >= 4 is 17.2 Å². The zero-order valence-electron chi connectivity index (χ0n) is 37.3. The fourth-order valence-electron chi connectivity index (χ4n) is 8.57. The first-order valence-electron chi connectivity index (χ1n) is 21.3. The molecule has 64 heavy (non-hydrogen) atoms. The van der Waals surface area contributed by atoms with Gasteiger partial charge < -0.3 is 27.6 Å². The Hall–Kier alpha value is -5.88. The molecule has 8 nitrogen and oxygen atoms in total. The number of fused-ring (bicyclic) bond motifs is 1. The van der Waals surface area contributed by atoms with E-state index >= 15 is 0 Å². The lowest BCUT2D eigenvalue weighted by Crippen LogP contribution is -2.48. The van der Waals surface area contributed by atoms with Gasteiger partial charge in [0, 0.05) is 22.3 Å². The molecule has 0 aliphatic carbocycles. The van der Waals surface area contributed by atoms with Crippen LogP contribution >= 0.6 is 17.2 Å². The first-order valence-corrected chi connectivity index (χ1v) is 23.5. The molecule has 2 heterocycles. The molecular formula is C54H52O8P2. The fourth-order valence-corrected chi connectivity index (χ4v) is 11.2. The summed E-state index contributed by atoms with van der Waals surface area (Å²) < 4.78 is 54.5. The minimum Gasteiger partial charge on any atom is -0.497 e. The topological polar surface area (TPSA) is 73.8 Å². The highest BCUT2D eigenvalue weighted by Crippen LogP contribution is 2.71. The van der Waals surface area contributed by atoms with E-state index in [-0.39, 0.29) is 0 Å². The highest BCUT2D eigenvalue weighted by molar-refractivity contribution is 7.43. The molecule has 326 valence electrons. The Morgan fingerprint density at radius 2 is 0.719 bits per heavy atom. The summed E-state index contributed by atoms with van der Waals surface area (Å²) in [5.74, 6) is 3.64. The van der Waals surface area contributed by atoms with Crippen LogP contribution < -0.4 is 27.6 Å². The lowest BCUT2D eigenvalue weighted by molar-refractivity contribution is 0.00370. The first-order chi connectivity index (χ1) is 30.9. The van der Waals surface area contributed by atoms with Crippen LogP contribution in [0.1, 0.15) is 74.9 Å². The molecule has 2 aliphatic rings. The summed E-state index contributed by atoms with van der Waals surface area (Å²) in [4.78, 5) is 0. The van der Waals surface area contributed by atoms with Crippen LogP contribution in [0.25, 0.3) is 11.1 Å². The average Bonchev–Trinajstić information content (AvgIpc) is 3.89. The van der Waals surface area contributed by atoms with E-state index in [2.05, 4.69) is 90.1 Å². The summed E-state index contributed by atoms with van der Waals surface area (Å²) in [5.41, 5.74) is 3.42. The zero-order valence-corrected chi connectivity index (χ0v) is 39.1. The molecule has 0 atom stereocenters. The van der Waals surface area contributed by atoms with Crippen LogP contribution in [-0.2, 0) is 31.1 Å². The highest BCUT2D eigenvalue weighted by atomic mass is 31.2. The second kappa shape index (κ2) is 17.3. The Morgan fingerprint density at radius 1 is 0.406 bits per heavy atom. The predicted octanol–water partition coefficient (Wildman–Crippen LogP) is 14.6. The summed E-state index contributed by atoms with van der Waals surface area (Å²) in [6.45, 7) is 12.9. The van der Waals surface area contributed by atoms with Crippen molar-refractivity contribution in [3.8, 4) is 45.6 Å². The number of para-hydroxylation sites is 2. The molecule has 0 saturated carbocycles. The molecule has 0 N–H and O–H groups in total. The summed E-state index contributed by atoms with van der Waals surface area (Å²) in [5, 5.41) is 0. The van der Waals surface area contributed by atoms with Gasteiger partial charge in [0.15, 0.2) is 22.7 Å². The Kier molecular flexibility index (Phi) is 11.7. The van der Waals surface area contributed by atoms with E-state index < -0.39 is 39.2 Å². The molecule has 0 aromatic heterocycles. The lowest BCUT2D eigenvalue weighted by atomic mass is 9.66. The molecule has 0 amide bonds. The van der Waals surface area contributed by atoms with Gasteiger partial charge in [-0.3, -0.25) is 9.05 Å². The van der Waals surface area contributed by atoms with Crippen molar-refractivity contribution in [2.24, 2.45) is 0 Å². The summed E-state index contributed by atoms with van der Waals surface area (Å²) in [6.07, 6.45) is 0. The molecule has 0 radical (unpaired) electrons. The molecule has 0 bridgehead atoms. The van der Waals surface area contributed by atoms with Crippen molar-refractivity contribution in [1.29, 1.82) is 0 Å². The standard InChI is InChI=1S/C54H52O8P2/c1-51(2,3)45-35-41(55-7)33-43(49(45)59-63-57-47-31-21-22-32-48(47)58-63)44-34-42(56-8)36-46(52(4,5)6)50(44)60-64-61-53(37-23-13-9-14-24-37,38-25-15-10-16-26-38)54(62-64,39-27-17-11-18-28-39)40-29-19-12-20-30-40/h9-36H,1-8H3. The molecule has 10 heteroatoms. The van der Waals surface area contributed by atoms with Crippen LogP contribution in [-0.4, -0.2) is 14.2 Å². The Morgan fingerprint density at radius 3 is 1.03 bits per heavy atom. The maximum absolute atomic E-state index is 7.66. The van der Waals surface area contributed by atoms with Crippen molar-refractivity contribution < 1.29 is 36.6 Å². The quantitative estimate of drug-likeness (QED) is 0.119. The zero-order chi connectivity index (χ0) is 44.7. The van der Waals surface area contributed by atoms with E-state index in [0.29, 0.717) is 45.6 Å². The van der Waals surface area contributed by atoms with Crippen LogP contribution in [0.5, 0.6) is 34.5 Å². The lowest BCUT2D eigenvalue weighted by Gasteiger charge is -2.43. The van der Waals surface area contributed by atoms with Gasteiger partial charge in [-0.2, -0.15) is 0 Å².